The maximum atomic E-state index is 14.2. The van der Waals surface area contributed by atoms with Crippen molar-refractivity contribution in [3.05, 3.63) is 24.3 Å². The van der Waals surface area contributed by atoms with Crippen LogP contribution in [0.3, 0.4) is 0 Å². The molecule has 2 unspecified atom stereocenters. The van der Waals surface area contributed by atoms with E-state index in [9.17, 15) is 19.5 Å². The van der Waals surface area contributed by atoms with Gasteiger partial charge in [0, 0.05) is 16.5 Å². The Kier molecular flexibility index (Phi) is 7.87. The number of carbonyl (C=O) groups excluding carboxylic acids is 3. The number of rotatable bonds is 9. The van der Waals surface area contributed by atoms with E-state index in [0.717, 1.165) is 18.6 Å². The highest BCUT2D eigenvalue weighted by molar-refractivity contribution is 8.02. The zero-order valence-electron chi connectivity index (χ0n) is 22.7. The SMILES string of the molecule is CCOc1ccc(NC(=O)[C@@H]2[C@@H]3CCC4(S3)C(C(=O)NC(C)(C)C)N([C@@H](CO)[C@@H](C)CC)C(=O)[C@H]24)cc1. The van der Waals surface area contributed by atoms with Gasteiger partial charge in [0.05, 0.1) is 35.8 Å². The molecule has 3 aliphatic heterocycles. The molecule has 0 aliphatic carbocycles. The minimum atomic E-state index is -0.728. The fourth-order valence-electron chi connectivity index (χ4n) is 6.33. The highest BCUT2D eigenvalue weighted by atomic mass is 32.2. The molecule has 2 bridgehead atoms. The number of likely N-dealkylation sites (tertiary alicyclic amines) is 1. The smallest absolute Gasteiger partial charge is 0.244 e. The third kappa shape index (κ3) is 4.97. The Morgan fingerprint density at radius 1 is 1.22 bits per heavy atom. The van der Waals surface area contributed by atoms with Crippen molar-refractivity contribution in [1.29, 1.82) is 0 Å². The quantitative estimate of drug-likeness (QED) is 0.451. The van der Waals surface area contributed by atoms with Crippen LogP contribution >= 0.6 is 11.8 Å². The Morgan fingerprint density at radius 3 is 2.46 bits per heavy atom. The normalized spacial score (nSPS) is 30.1. The summed E-state index contributed by atoms with van der Waals surface area (Å²) in [6.07, 6.45) is 2.23. The Hall–Kier alpha value is -2.26. The summed E-state index contributed by atoms with van der Waals surface area (Å²) in [6, 6.07) is 6.00. The molecule has 3 fully saturated rings. The Labute approximate surface area is 224 Å². The van der Waals surface area contributed by atoms with Gasteiger partial charge >= 0.3 is 0 Å². The molecule has 4 rings (SSSR count). The molecular formula is C28H41N3O5S. The van der Waals surface area contributed by atoms with E-state index in [1.165, 1.54) is 0 Å². The van der Waals surface area contributed by atoms with E-state index in [4.69, 9.17) is 4.74 Å². The van der Waals surface area contributed by atoms with Crippen LogP contribution in [0.1, 0.15) is 60.8 Å². The van der Waals surface area contributed by atoms with Crippen molar-refractivity contribution in [3.8, 4) is 5.75 Å². The largest absolute Gasteiger partial charge is 0.494 e. The lowest BCUT2D eigenvalue weighted by Gasteiger charge is -2.40. The fraction of sp³-hybridized carbons (Fsp3) is 0.679. The third-order valence-electron chi connectivity index (χ3n) is 8.07. The molecule has 0 radical (unpaired) electrons. The molecule has 7 atom stereocenters. The van der Waals surface area contributed by atoms with E-state index in [2.05, 4.69) is 10.6 Å². The van der Waals surface area contributed by atoms with Crippen molar-refractivity contribution < 1.29 is 24.2 Å². The minimum Gasteiger partial charge on any atom is -0.494 e. The summed E-state index contributed by atoms with van der Waals surface area (Å²) >= 11 is 1.64. The van der Waals surface area contributed by atoms with Gasteiger partial charge in [-0.05, 0) is 70.7 Å². The second-order valence-corrected chi connectivity index (χ2v) is 13.2. The van der Waals surface area contributed by atoms with Gasteiger partial charge in [0.25, 0.3) is 0 Å². The number of hydrogen-bond acceptors (Lipinski definition) is 6. The molecule has 0 saturated carbocycles. The van der Waals surface area contributed by atoms with Crippen LogP contribution in [0, 0.1) is 17.8 Å². The molecule has 3 saturated heterocycles. The molecule has 3 heterocycles. The number of nitrogens with one attached hydrogen (secondary N) is 2. The van der Waals surface area contributed by atoms with Crippen LogP contribution in [0.5, 0.6) is 5.75 Å². The number of aliphatic hydroxyl groups excluding tert-OH is 1. The second kappa shape index (κ2) is 10.5. The lowest BCUT2D eigenvalue weighted by molar-refractivity contribution is -0.143. The van der Waals surface area contributed by atoms with Crippen molar-refractivity contribution in [2.75, 3.05) is 18.5 Å². The molecule has 9 heteroatoms. The summed E-state index contributed by atoms with van der Waals surface area (Å²) in [4.78, 5) is 43.3. The number of ether oxygens (including phenoxy) is 1. The molecule has 0 aromatic heterocycles. The third-order valence-corrected chi connectivity index (χ3v) is 10.0. The average Bonchev–Trinajstić information content (AvgIpc) is 3.47. The predicted octanol–water partition coefficient (Wildman–Crippen LogP) is 3.44. The van der Waals surface area contributed by atoms with Crippen molar-refractivity contribution in [1.82, 2.24) is 10.2 Å². The standard InChI is InChI=1S/C28H41N3O5S/c1-7-16(3)19(15-32)31-23(25(34)30-27(4,5)6)28-14-13-20(37-28)21(22(28)26(31)35)24(33)29-17-9-11-18(12-10-17)36-8-2/h9-12,16,19-23,32H,7-8,13-15H2,1-6H3,(H,29,33)(H,30,34)/t16-,19-,20-,21+,22-,23?,28?/m0/s1. The highest BCUT2D eigenvalue weighted by Gasteiger charge is 2.74. The molecule has 1 aromatic rings. The molecule has 204 valence electrons. The topological polar surface area (TPSA) is 108 Å². The molecule has 1 spiro atoms. The molecule has 3 N–H and O–H groups in total. The summed E-state index contributed by atoms with van der Waals surface area (Å²) in [5.74, 6) is -0.989. The summed E-state index contributed by atoms with van der Waals surface area (Å²) in [7, 11) is 0. The van der Waals surface area contributed by atoms with E-state index in [1.54, 1.807) is 28.8 Å². The summed E-state index contributed by atoms with van der Waals surface area (Å²) in [6.45, 7) is 12.0. The fourth-order valence-corrected chi connectivity index (χ4v) is 8.53. The number of amides is 3. The monoisotopic (exact) mass is 531 g/mol. The van der Waals surface area contributed by atoms with Gasteiger partial charge in [-0.15, -0.1) is 11.8 Å². The van der Waals surface area contributed by atoms with Crippen LogP contribution in [0.25, 0.3) is 0 Å². The zero-order valence-corrected chi connectivity index (χ0v) is 23.6. The van der Waals surface area contributed by atoms with Gasteiger partial charge in [-0.3, -0.25) is 14.4 Å². The van der Waals surface area contributed by atoms with Gasteiger partial charge in [0.2, 0.25) is 17.7 Å². The molecule has 8 nitrogen and oxygen atoms in total. The Balaban J connectivity index is 1.68. The van der Waals surface area contributed by atoms with Gasteiger partial charge in [-0.2, -0.15) is 0 Å². The van der Waals surface area contributed by atoms with E-state index >= 15 is 0 Å². The van der Waals surface area contributed by atoms with Crippen molar-refractivity contribution >= 4 is 35.2 Å². The molecule has 3 aliphatic rings. The van der Waals surface area contributed by atoms with E-state index < -0.39 is 34.2 Å². The number of fused-ring (bicyclic) bond motifs is 1. The number of hydrogen-bond donors (Lipinski definition) is 3. The van der Waals surface area contributed by atoms with Crippen LogP contribution in [-0.2, 0) is 14.4 Å². The van der Waals surface area contributed by atoms with E-state index in [0.29, 0.717) is 18.7 Å². The van der Waals surface area contributed by atoms with Gasteiger partial charge in [-0.25, -0.2) is 0 Å². The van der Waals surface area contributed by atoms with Gasteiger partial charge < -0.3 is 25.4 Å². The van der Waals surface area contributed by atoms with Crippen LogP contribution < -0.4 is 15.4 Å². The lowest BCUT2D eigenvalue weighted by Crippen LogP contribution is -2.60. The van der Waals surface area contributed by atoms with Crippen LogP contribution in [0.15, 0.2) is 24.3 Å². The van der Waals surface area contributed by atoms with E-state index in [-0.39, 0.29) is 35.5 Å². The number of aliphatic hydroxyl groups is 1. The number of benzene rings is 1. The second-order valence-electron chi connectivity index (χ2n) is 11.6. The Morgan fingerprint density at radius 2 is 1.89 bits per heavy atom. The van der Waals surface area contributed by atoms with Crippen LogP contribution in [-0.4, -0.2) is 68.6 Å². The Bertz CT molecular complexity index is 1030. The summed E-state index contributed by atoms with van der Waals surface area (Å²) in [5.41, 5.74) is 0.171. The van der Waals surface area contributed by atoms with Crippen molar-refractivity contribution in [2.24, 2.45) is 17.8 Å². The zero-order chi connectivity index (χ0) is 27.1. The first-order valence-electron chi connectivity index (χ1n) is 13.4. The van der Waals surface area contributed by atoms with Crippen LogP contribution in [0.4, 0.5) is 5.69 Å². The summed E-state index contributed by atoms with van der Waals surface area (Å²) < 4.78 is 4.81. The molecule has 1 aromatic carbocycles. The first-order valence-corrected chi connectivity index (χ1v) is 14.3. The molecular weight excluding hydrogens is 490 g/mol. The first kappa shape index (κ1) is 27.8. The first-order chi connectivity index (χ1) is 17.5. The maximum absolute atomic E-state index is 14.2. The summed E-state index contributed by atoms with van der Waals surface area (Å²) in [5, 5.41) is 16.5. The lowest BCUT2D eigenvalue weighted by atomic mass is 9.70. The van der Waals surface area contributed by atoms with Crippen molar-refractivity contribution in [2.45, 2.75) is 88.4 Å². The van der Waals surface area contributed by atoms with Gasteiger partial charge in [0.1, 0.15) is 11.8 Å². The van der Waals surface area contributed by atoms with Gasteiger partial charge in [0.15, 0.2) is 0 Å². The number of carbonyl (C=O) groups is 3. The van der Waals surface area contributed by atoms with Crippen LogP contribution in [0.2, 0.25) is 0 Å². The van der Waals surface area contributed by atoms with Gasteiger partial charge in [-0.1, -0.05) is 20.3 Å². The number of anilines is 1. The maximum Gasteiger partial charge on any atom is 0.244 e. The number of thioether (sulfide) groups is 1. The molecule has 3 amide bonds. The predicted molar refractivity (Wildman–Crippen MR) is 145 cm³/mol. The minimum absolute atomic E-state index is 0.00689. The highest BCUT2D eigenvalue weighted by Crippen LogP contribution is 2.66. The number of nitrogens with zero attached hydrogens (tertiary/aromatic N) is 1. The van der Waals surface area contributed by atoms with E-state index in [1.807, 2.05) is 53.7 Å². The van der Waals surface area contributed by atoms with Crippen molar-refractivity contribution in [3.63, 3.8) is 0 Å². The average molecular weight is 532 g/mol. The molecule has 37 heavy (non-hydrogen) atoms.